The summed E-state index contributed by atoms with van der Waals surface area (Å²) < 4.78 is 0. The predicted octanol–water partition coefficient (Wildman–Crippen LogP) is 2.87. The number of hydrogen-bond acceptors (Lipinski definition) is 3. The zero-order valence-corrected chi connectivity index (χ0v) is 11.0. The Labute approximate surface area is 112 Å². The molecular weight excluding hydrogens is 242 g/mol. The average molecular weight is 257 g/mol. The molecule has 92 valence electrons. The lowest BCUT2D eigenvalue weighted by molar-refractivity contribution is 0.987. The summed E-state index contributed by atoms with van der Waals surface area (Å²) in [6, 6.07) is 13.8. The summed E-state index contributed by atoms with van der Waals surface area (Å²) in [7, 11) is 0. The number of nitrogens with zero attached hydrogens (tertiary/aromatic N) is 2. The SMILES string of the molecule is CCN(c1ccccc1)c1ncccc1C(N)=S. The van der Waals surface area contributed by atoms with E-state index >= 15 is 0 Å². The maximum Gasteiger partial charge on any atom is 0.143 e. The Morgan fingerprint density at radius 1 is 1.22 bits per heavy atom. The largest absolute Gasteiger partial charge is 0.389 e. The number of anilines is 2. The first-order chi connectivity index (χ1) is 8.74. The molecule has 0 aliphatic heterocycles. The number of thiocarbonyl (C=S) groups is 1. The Kier molecular flexibility index (Phi) is 3.89. The molecule has 1 heterocycles. The van der Waals surface area contributed by atoms with Crippen molar-refractivity contribution < 1.29 is 0 Å². The van der Waals surface area contributed by atoms with Crippen molar-refractivity contribution in [3.63, 3.8) is 0 Å². The standard InChI is InChI=1S/C14H15N3S/c1-2-17(11-7-4-3-5-8-11)14-12(13(15)18)9-6-10-16-14/h3-10H,2H2,1H3,(H2,15,18). The highest BCUT2D eigenvalue weighted by molar-refractivity contribution is 7.80. The van der Waals surface area contributed by atoms with Crippen LogP contribution in [0.3, 0.4) is 0 Å². The van der Waals surface area contributed by atoms with Crippen molar-refractivity contribution in [1.29, 1.82) is 0 Å². The Bertz CT molecular complexity index is 540. The summed E-state index contributed by atoms with van der Waals surface area (Å²) in [6.07, 6.45) is 1.75. The molecule has 0 saturated heterocycles. The molecular formula is C14H15N3S. The molecule has 0 bridgehead atoms. The third-order valence-corrected chi connectivity index (χ3v) is 2.91. The lowest BCUT2D eigenvalue weighted by atomic mass is 10.2. The van der Waals surface area contributed by atoms with Crippen molar-refractivity contribution in [3.8, 4) is 0 Å². The smallest absolute Gasteiger partial charge is 0.143 e. The summed E-state index contributed by atoms with van der Waals surface area (Å²) in [5.74, 6) is 0.804. The highest BCUT2D eigenvalue weighted by Gasteiger charge is 2.13. The fourth-order valence-corrected chi connectivity index (χ4v) is 2.03. The number of hydrogen-bond donors (Lipinski definition) is 1. The van der Waals surface area contributed by atoms with E-state index in [1.807, 2.05) is 42.5 Å². The number of nitrogens with two attached hydrogens (primary N) is 1. The summed E-state index contributed by atoms with van der Waals surface area (Å²) in [5.41, 5.74) is 7.63. The quantitative estimate of drug-likeness (QED) is 0.855. The van der Waals surface area contributed by atoms with Crippen LogP contribution in [0, 0.1) is 0 Å². The van der Waals surface area contributed by atoms with Gasteiger partial charge in [-0.3, -0.25) is 0 Å². The molecule has 0 radical (unpaired) electrons. The molecule has 18 heavy (non-hydrogen) atoms. The summed E-state index contributed by atoms with van der Waals surface area (Å²) >= 11 is 5.08. The van der Waals surface area contributed by atoms with Crippen molar-refractivity contribution in [2.45, 2.75) is 6.92 Å². The zero-order valence-electron chi connectivity index (χ0n) is 10.2. The Morgan fingerprint density at radius 3 is 2.56 bits per heavy atom. The van der Waals surface area contributed by atoms with Gasteiger partial charge in [0.15, 0.2) is 0 Å². The minimum atomic E-state index is 0.368. The van der Waals surface area contributed by atoms with Crippen LogP contribution in [0.1, 0.15) is 12.5 Å². The van der Waals surface area contributed by atoms with E-state index in [1.165, 1.54) is 0 Å². The van der Waals surface area contributed by atoms with Crippen LogP contribution >= 0.6 is 12.2 Å². The monoisotopic (exact) mass is 257 g/mol. The molecule has 0 saturated carbocycles. The molecule has 0 atom stereocenters. The van der Waals surface area contributed by atoms with Gasteiger partial charge in [0.2, 0.25) is 0 Å². The molecule has 2 aromatic rings. The van der Waals surface area contributed by atoms with Crippen LogP contribution in [0.5, 0.6) is 0 Å². The van der Waals surface area contributed by atoms with Crippen LogP contribution in [-0.4, -0.2) is 16.5 Å². The molecule has 1 aromatic carbocycles. The summed E-state index contributed by atoms with van der Waals surface area (Å²) in [4.78, 5) is 6.87. The van der Waals surface area contributed by atoms with Crippen LogP contribution < -0.4 is 10.6 Å². The Hall–Kier alpha value is -1.94. The molecule has 0 fully saturated rings. The molecule has 0 amide bonds. The third kappa shape index (κ3) is 2.49. The predicted molar refractivity (Wildman–Crippen MR) is 79.2 cm³/mol. The second kappa shape index (κ2) is 5.60. The first-order valence-corrected chi connectivity index (χ1v) is 6.22. The van der Waals surface area contributed by atoms with E-state index in [0.29, 0.717) is 4.99 Å². The zero-order chi connectivity index (χ0) is 13.0. The molecule has 4 heteroatoms. The van der Waals surface area contributed by atoms with Crippen molar-refractivity contribution in [2.24, 2.45) is 5.73 Å². The van der Waals surface area contributed by atoms with E-state index in [0.717, 1.165) is 23.6 Å². The number of rotatable bonds is 4. The first kappa shape index (κ1) is 12.5. The van der Waals surface area contributed by atoms with Crippen LogP contribution in [0.4, 0.5) is 11.5 Å². The van der Waals surface area contributed by atoms with Gasteiger partial charge in [-0.2, -0.15) is 0 Å². The van der Waals surface area contributed by atoms with Gasteiger partial charge in [-0.15, -0.1) is 0 Å². The van der Waals surface area contributed by atoms with Crippen molar-refractivity contribution in [1.82, 2.24) is 4.98 Å². The third-order valence-electron chi connectivity index (χ3n) is 2.69. The second-order valence-electron chi connectivity index (χ2n) is 3.82. The molecule has 2 N–H and O–H groups in total. The van der Waals surface area contributed by atoms with Crippen LogP contribution in [0.2, 0.25) is 0 Å². The molecule has 0 unspecified atom stereocenters. The molecule has 0 aliphatic rings. The molecule has 0 spiro atoms. The van der Waals surface area contributed by atoms with E-state index < -0.39 is 0 Å². The Balaban J connectivity index is 2.49. The van der Waals surface area contributed by atoms with Gasteiger partial charge in [0.05, 0.1) is 5.56 Å². The van der Waals surface area contributed by atoms with Gasteiger partial charge < -0.3 is 10.6 Å². The lowest BCUT2D eigenvalue weighted by Crippen LogP contribution is -2.22. The minimum Gasteiger partial charge on any atom is -0.389 e. The second-order valence-corrected chi connectivity index (χ2v) is 4.26. The number of pyridine rings is 1. The van der Waals surface area contributed by atoms with Crippen molar-refractivity contribution in [2.75, 3.05) is 11.4 Å². The minimum absolute atomic E-state index is 0.368. The summed E-state index contributed by atoms with van der Waals surface area (Å²) in [5, 5.41) is 0. The van der Waals surface area contributed by atoms with Gasteiger partial charge in [0.25, 0.3) is 0 Å². The van der Waals surface area contributed by atoms with Gasteiger partial charge in [-0.05, 0) is 31.2 Å². The number of benzene rings is 1. The van der Waals surface area contributed by atoms with Crippen LogP contribution in [-0.2, 0) is 0 Å². The van der Waals surface area contributed by atoms with Gasteiger partial charge >= 0.3 is 0 Å². The first-order valence-electron chi connectivity index (χ1n) is 5.81. The van der Waals surface area contributed by atoms with Gasteiger partial charge in [0, 0.05) is 18.4 Å². The van der Waals surface area contributed by atoms with E-state index in [4.69, 9.17) is 18.0 Å². The van der Waals surface area contributed by atoms with Gasteiger partial charge in [-0.25, -0.2) is 4.98 Å². The maximum absolute atomic E-state index is 5.75. The molecule has 3 nitrogen and oxygen atoms in total. The van der Waals surface area contributed by atoms with E-state index in [9.17, 15) is 0 Å². The van der Waals surface area contributed by atoms with Crippen molar-refractivity contribution in [3.05, 3.63) is 54.2 Å². The van der Waals surface area contributed by atoms with E-state index in [1.54, 1.807) is 6.20 Å². The fraction of sp³-hybridized carbons (Fsp3) is 0.143. The van der Waals surface area contributed by atoms with Crippen LogP contribution in [0.25, 0.3) is 0 Å². The van der Waals surface area contributed by atoms with Gasteiger partial charge in [0.1, 0.15) is 10.8 Å². The average Bonchev–Trinajstić information content (AvgIpc) is 2.41. The van der Waals surface area contributed by atoms with Crippen LogP contribution in [0.15, 0.2) is 48.7 Å². The number of aromatic nitrogens is 1. The Morgan fingerprint density at radius 2 is 1.94 bits per heavy atom. The fourth-order valence-electron chi connectivity index (χ4n) is 1.87. The van der Waals surface area contributed by atoms with Gasteiger partial charge in [-0.1, -0.05) is 30.4 Å². The highest BCUT2D eigenvalue weighted by atomic mass is 32.1. The van der Waals surface area contributed by atoms with Crippen molar-refractivity contribution >= 4 is 28.7 Å². The molecule has 0 aliphatic carbocycles. The lowest BCUT2D eigenvalue weighted by Gasteiger charge is -2.24. The maximum atomic E-state index is 5.75. The normalized spacial score (nSPS) is 10.1. The molecule has 2 rings (SSSR count). The topological polar surface area (TPSA) is 42.2 Å². The highest BCUT2D eigenvalue weighted by Crippen LogP contribution is 2.25. The van der Waals surface area contributed by atoms with E-state index in [-0.39, 0.29) is 0 Å². The number of para-hydroxylation sites is 1. The van der Waals surface area contributed by atoms with E-state index in [2.05, 4.69) is 16.8 Å². The molecule has 1 aromatic heterocycles. The summed E-state index contributed by atoms with van der Waals surface area (Å²) in [6.45, 7) is 2.88.